The minimum atomic E-state index is -0.0892. The highest BCUT2D eigenvalue weighted by molar-refractivity contribution is 7.26. The van der Waals surface area contributed by atoms with Gasteiger partial charge in [0.2, 0.25) is 0 Å². The third-order valence-corrected chi connectivity index (χ3v) is 17.3. The van der Waals surface area contributed by atoms with Gasteiger partial charge in [-0.05, 0) is 148 Å². The largest absolute Gasteiger partial charge is 0.486 e. The molecular weight excluding hydrogens is 892 g/mol. The lowest BCUT2D eigenvalue weighted by Crippen LogP contribution is -2.61. The van der Waals surface area contributed by atoms with Crippen LogP contribution in [0.3, 0.4) is 0 Å². The molecule has 338 valence electrons. The molecule has 5 heterocycles. The predicted octanol–water partition coefficient (Wildman–Crippen LogP) is 15.8. The van der Waals surface area contributed by atoms with E-state index in [9.17, 15) is 0 Å². The van der Waals surface area contributed by atoms with Crippen molar-refractivity contribution in [2.45, 2.75) is 47.0 Å². The summed E-state index contributed by atoms with van der Waals surface area (Å²) < 4.78 is 18.1. The summed E-state index contributed by atoms with van der Waals surface area (Å²) in [7, 11) is 0. The molecule has 4 nitrogen and oxygen atoms in total. The van der Waals surface area contributed by atoms with Gasteiger partial charge in [-0.25, -0.2) is 0 Å². The topological polar surface area (TPSA) is 24.9 Å². The highest BCUT2D eigenvalue weighted by Crippen LogP contribution is 2.50. The number of ether oxygens (including phenoxy) is 2. The van der Waals surface area contributed by atoms with Gasteiger partial charge in [-0.1, -0.05) is 118 Å². The van der Waals surface area contributed by atoms with E-state index in [0.29, 0.717) is 13.2 Å². The third kappa shape index (κ3) is 6.34. The minimum Gasteiger partial charge on any atom is -0.486 e. The van der Waals surface area contributed by atoms with Crippen molar-refractivity contribution < 1.29 is 9.47 Å². The highest BCUT2D eigenvalue weighted by atomic mass is 32.1. The first-order valence-corrected chi connectivity index (χ1v) is 26.0. The van der Waals surface area contributed by atoms with Crippen LogP contribution in [-0.2, 0) is 5.41 Å². The third-order valence-electron chi connectivity index (χ3n) is 15.0. The maximum Gasteiger partial charge on any atom is 0.252 e. The van der Waals surface area contributed by atoms with E-state index in [2.05, 4.69) is 215 Å². The first kappa shape index (κ1) is 41.6. The maximum atomic E-state index is 6.45. The standard InChI is InChI=1S/C63H49BN2O2S2/c1-36-27-53-61-54(28-36)66(62-37(2)29-43(30-38(62)3)63(4,5)6)52-35-56-55(67-25-26-68-56)34-50(52)64(61)49-31-40(42-18-23-48-46-12-8-10-14-58(46)70-60(48)33-42)19-24-51(49)65(53)44-20-15-39(16-21-44)41-17-22-47-45-11-7-9-13-57(45)69-59(47)32-41/h7-24,27-35H,25-26H2,1-6H3. The van der Waals surface area contributed by atoms with Gasteiger partial charge in [0, 0.05) is 74.8 Å². The molecule has 0 aliphatic carbocycles. The molecule has 11 aromatic rings. The fraction of sp³-hybridized carbons (Fsp3) is 0.143. The van der Waals surface area contributed by atoms with Crippen molar-refractivity contribution in [3.05, 3.63) is 186 Å². The van der Waals surface area contributed by atoms with Crippen molar-refractivity contribution >= 4 is 120 Å². The van der Waals surface area contributed by atoms with Gasteiger partial charge >= 0.3 is 0 Å². The molecule has 0 saturated heterocycles. The molecule has 7 heteroatoms. The average molecular weight is 941 g/mol. The Balaban J connectivity index is 0.996. The van der Waals surface area contributed by atoms with Crippen LogP contribution in [0.1, 0.15) is 43.0 Å². The first-order valence-electron chi connectivity index (χ1n) is 24.4. The zero-order chi connectivity index (χ0) is 47.2. The Morgan fingerprint density at radius 3 is 1.60 bits per heavy atom. The lowest BCUT2D eigenvalue weighted by atomic mass is 9.33. The van der Waals surface area contributed by atoms with Crippen LogP contribution < -0.4 is 35.7 Å². The summed E-state index contributed by atoms with van der Waals surface area (Å²) in [6.07, 6.45) is 0. The van der Waals surface area contributed by atoms with Gasteiger partial charge in [0.15, 0.2) is 11.5 Å². The molecule has 14 rings (SSSR count). The van der Waals surface area contributed by atoms with Crippen LogP contribution in [0.4, 0.5) is 34.1 Å². The second-order valence-corrected chi connectivity index (χ2v) is 22.7. The Bertz CT molecular complexity index is 3990. The van der Waals surface area contributed by atoms with Gasteiger partial charge in [0.05, 0.1) is 5.69 Å². The number of thiophene rings is 2. The van der Waals surface area contributed by atoms with E-state index in [-0.39, 0.29) is 12.1 Å². The summed E-state index contributed by atoms with van der Waals surface area (Å²) in [4.78, 5) is 5.07. The zero-order valence-corrected chi connectivity index (χ0v) is 41.7. The molecule has 0 fully saturated rings. The average Bonchev–Trinajstić information content (AvgIpc) is 3.93. The molecule has 0 saturated carbocycles. The van der Waals surface area contributed by atoms with E-state index in [4.69, 9.17) is 9.47 Å². The molecule has 0 radical (unpaired) electrons. The van der Waals surface area contributed by atoms with Gasteiger partial charge in [-0.3, -0.25) is 0 Å². The Morgan fingerprint density at radius 1 is 0.457 bits per heavy atom. The first-order chi connectivity index (χ1) is 34.0. The monoisotopic (exact) mass is 940 g/mol. The van der Waals surface area contributed by atoms with Crippen LogP contribution >= 0.6 is 22.7 Å². The lowest BCUT2D eigenvalue weighted by molar-refractivity contribution is 0.172. The highest BCUT2D eigenvalue weighted by Gasteiger charge is 2.45. The molecule has 0 unspecified atom stereocenters. The predicted molar refractivity (Wildman–Crippen MR) is 301 cm³/mol. The smallest absolute Gasteiger partial charge is 0.252 e. The van der Waals surface area contributed by atoms with Crippen molar-refractivity contribution in [3.8, 4) is 33.8 Å². The Kier molecular flexibility index (Phi) is 9.13. The van der Waals surface area contributed by atoms with E-state index >= 15 is 0 Å². The number of aryl methyl sites for hydroxylation is 3. The van der Waals surface area contributed by atoms with E-state index in [1.807, 2.05) is 22.7 Å². The summed E-state index contributed by atoms with van der Waals surface area (Å²) in [6.45, 7) is 14.7. The van der Waals surface area contributed by atoms with Crippen LogP contribution in [0.25, 0.3) is 62.6 Å². The molecular formula is C63H49BN2O2S2. The second-order valence-electron chi connectivity index (χ2n) is 20.5. The Labute approximate surface area is 417 Å². The SMILES string of the molecule is Cc1cc2c3c(c1)N(c1c(C)cc(C(C)(C)C)cc1C)c1cc4c(cc1B3c1cc(-c3ccc5c(c3)sc3ccccc35)ccc1N2c1ccc(-c2ccc3c(c2)sc2ccccc23)cc1)OCCO4. The number of rotatable bonds is 4. The van der Waals surface area contributed by atoms with Crippen molar-refractivity contribution in [1.29, 1.82) is 0 Å². The lowest BCUT2D eigenvalue weighted by Gasteiger charge is -2.45. The van der Waals surface area contributed by atoms with Gasteiger partial charge in [-0.2, -0.15) is 0 Å². The fourth-order valence-electron chi connectivity index (χ4n) is 11.7. The molecule has 0 bridgehead atoms. The fourth-order valence-corrected chi connectivity index (χ4v) is 14.0. The number of anilines is 6. The zero-order valence-electron chi connectivity index (χ0n) is 40.1. The van der Waals surface area contributed by atoms with Crippen LogP contribution in [0, 0.1) is 20.8 Å². The molecule has 3 aliphatic rings. The van der Waals surface area contributed by atoms with Crippen molar-refractivity contribution in [2.75, 3.05) is 23.0 Å². The normalized spacial score (nSPS) is 13.9. The molecule has 0 spiro atoms. The van der Waals surface area contributed by atoms with Gasteiger partial charge in [0.1, 0.15) is 13.2 Å². The van der Waals surface area contributed by atoms with Gasteiger partial charge < -0.3 is 19.3 Å². The summed E-state index contributed by atoms with van der Waals surface area (Å²) in [5.74, 6) is 1.60. The summed E-state index contributed by atoms with van der Waals surface area (Å²) in [5.41, 5.74) is 20.7. The van der Waals surface area contributed by atoms with E-state index in [1.54, 1.807) is 0 Å². The number of fused-ring (bicyclic) bond motifs is 11. The molecule has 9 aromatic carbocycles. The maximum absolute atomic E-state index is 6.45. The van der Waals surface area contributed by atoms with Crippen LogP contribution in [0.5, 0.6) is 11.5 Å². The number of benzene rings is 9. The summed E-state index contributed by atoms with van der Waals surface area (Å²) in [5, 5.41) is 5.27. The quantitative estimate of drug-likeness (QED) is 0.164. The Morgan fingerprint density at radius 2 is 0.971 bits per heavy atom. The minimum absolute atomic E-state index is 0.00995. The van der Waals surface area contributed by atoms with Crippen molar-refractivity contribution in [2.24, 2.45) is 0 Å². The molecule has 0 amide bonds. The number of nitrogens with zero attached hydrogens (tertiary/aromatic N) is 2. The summed E-state index contributed by atoms with van der Waals surface area (Å²) in [6, 6.07) is 62.1. The van der Waals surface area contributed by atoms with Gasteiger partial charge in [0.25, 0.3) is 6.71 Å². The van der Waals surface area contributed by atoms with E-state index in [1.165, 1.54) is 124 Å². The Hall–Kier alpha value is -7.32. The molecule has 0 N–H and O–H groups in total. The molecule has 3 aliphatic heterocycles. The number of hydrogen-bond acceptors (Lipinski definition) is 6. The number of hydrogen-bond donors (Lipinski definition) is 0. The van der Waals surface area contributed by atoms with Crippen molar-refractivity contribution in [1.82, 2.24) is 0 Å². The van der Waals surface area contributed by atoms with Crippen LogP contribution in [0.15, 0.2) is 164 Å². The second kappa shape index (κ2) is 15.3. The molecule has 0 atom stereocenters. The molecule has 70 heavy (non-hydrogen) atoms. The van der Waals surface area contributed by atoms with Crippen LogP contribution in [-0.4, -0.2) is 19.9 Å². The van der Waals surface area contributed by atoms with Crippen LogP contribution in [0.2, 0.25) is 0 Å². The van der Waals surface area contributed by atoms with E-state index in [0.717, 1.165) is 22.9 Å². The van der Waals surface area contributed by atoms with E-state index < -0.39 is 0 Å². The van der Waals surface area contributed by atoms with Crippen molar-refractivity contribution in [3.63, 3.8) is 0 Å². The molecule has 2 aromatic heterocycles. The summed E-state index contributed by atoms with van der Waals surface area (Å²) >= 11 is 3.74. The van der Waals surface area contributed by atoms with Gasteiger partial charge in [-0.15, -0.1) is 22.7 Å².